The SMILES string of the molecule is C#C/C=C\C1=C(C)CN(C(=O)CC[C@H](N)Cc2cc(F)c(F)cc2F)CC(=O)N1CC(=O)N1CCC(F)(F)CC1. The van der Waals surface area contributed by atoms with Gasteiger partial charge in [-0.15, -0.1) is 6.42 Å². The summed E-state index contributed by atoms with van der Waals surface area (Å²) < 4.78 is 67.7. The molecule has 1 aromatic rings. The number of carbonyl (C=O) groups is 3. The van der Waals surface area contributed by atoms with Crippen LogP contribution in [0.4, 0.5) is 22.0 Å². The molecule has 7 nitrogen and oxygen atoms in total. The van der Waals surface area contributed by atoms with E-state index < -0.39 is 66.5 Å². The Balaban J connectivity index is 1.67. The maximum absolute atomic E-state index is 14.0. The van der Waals surface area contributed by atoms with Crippen molar-refractivity contribution in [1.29, 1.82) is 0 Å². The number of halogens is 5. The van der Waals surface area contributed by atoms with Gasteiger partial charge in [0.25, 0.3) is 5.92 Å². The normalized spacial score (nSPS) is 18.6. The van der Waals surface area contributed by atoms with Gasteiger partial charge in [0.05, 0.1) is 0 Å². The van der Waals surface area contributed by atoms with Gasteiger partial charge in [-0.25, -0.2) is 22.0 Å². The van der Waals surface area contributed by atoms with Crippen LogP contribution in [0.25, 0.3) is 0 Å². The lowest BCUT2D eigenvalue weighted by molar-refractivity contribution is -0.144. The topological polar surface area (TPSA) is 87.0 Å². The summed E-state index contributed by atoms with van der Waals surface area (Å²) in [6.45, 7) is 0.686. The molecule has 0 saturated carbocycles. The van der Waals surface area contributed by atoms with E-state index in [0.29, 0.717) is 17.3 Å². The third-order valence-electron chi connectivity index (χ3n) is 6.91. The van der Waals surface area contributed by atoms with Crippen molar-refractivity contribution >= 4 is 17.7 Å². The molecule has 0 unspecified atom stereocenters. The van der Waals surface area contributed by atoms with Gasteiger partial charge >= 0.3 is 0 Å². The van der Waals surface area contributed by atoms with Crippen LogP contribution < -0.4 is 5.73 Å². The number of hydrogen-bond donors (Lipinski definition) is 1. The van der Waals surface area contributed by atoms with Crippen molar-refractivity contribution in [3.8, 4) is 12.3 Å². The third-order valence-corrected chi connectivity index (χ3v) is 6.91. The Hall–Kier alpha value is -3.72. The van der Waals surface area contributed by atoms with Crippen LogP contribution in [0.5, 0.6) is 0 Å². The monoisotopic (exact) mass is 566 g/mol. The minimum Gasteiger partial charge on any atom is -0.341 e. The van der Waals surface area contributed by atoms with E-state index >= 15 is 0 Å². The van der Waals surface area contributed by atoms with Crippen LogP contribution in [-0.2, 0) is 20.8 Å². The molecule has 1 atom stereocenters. The minimum atomic E-state index is -2.83. The molecule has 216 valence electrons. The van der Waals surface area contributed by atoms with E-state index in [1.54, 1.807) is 6.92 Å². The Labute approximate surface area is 229 Å². The van der Waals surface area contributed by atoms with Gasteiger partial charge in [0.2, 0.25) is 17.7 Å². The fourth-order valence-corrected chi connectivity index (χ4v) is 4.64. The molecule has 1 fully saturated rings. The summed E-state index contributed by atoms with van der Waals surface area (Å²) in [5.41, 5.74) is 6.79. The van der Waals surface area contributed by atoms with Gasteiger partial charge in [0.1, 0.15) is 18.9 Å². The van der Waals surface area contributed by atoms with E-state index in [1.807, 2.05) is 0 Å². The number of allylic oxidation sites excluding steroid dienone is 2. The van der Waals surface area contributed by atoms with Crippen LogP contribution in [0.15, 0.2) is 35.6 Å². The van der Waals surface area contributed by atoms with Crippen LogP contribution in [0.1, 0.15) is 38.2 Å². The van der Waals surface area contributed by atoms with Crippen LogP contribution in [0.2, 0.25) is 0 Å². The quantitative estimate of drug-likeness (QED) is 0.298. The average molecular weight is 567 g/mol. The lowest BCUT2D eigenvalue weighted by Crippen LogP contribution is -2.48. The second kappa shape index (κ2) is 13.1. The van der Waals surface area contributed by atoms with E-state index in [9.17, 15) is 36.3 Å². The van der Waals surface area contributed by atoms with Crippen molar-refractivity contribution in [1.82, 2.24) is 14.7 Å². The van der Waals surface area contributed by atoms with Gasteiger partial charge in [0, 0.05) is 56.7 Å². The summed E-state index contributed by atoms with van der Waals surface area (Å²) in [6, 6.07) is 0.414. The molecule has 1 aromatic carbocycles. The van der Waals surface area contributed by atoms with Gasteiger partial charge in [-0.3, -0.25) is 14.4 Å². The molecule has 0 bridgehead atoms. The Morgan fingerprint density at radius 1 is 1.07 bits per heavy atom. The molecule has 0 aromatic heterocycles. The van der Waals surface area contributed by atoms with Gasteiger partial charge < -0.3 is 20.4 Å². The zero-order chi connectivity index (χ0) is 29.6. The van der Waals surface area contributed by atoms with Gasteiger partial charge in [-0.2, -0.15) is 0 Å². The van der Waals surface area contributed by atoms with E-state index in [4.69, 9.17) is 12.2 Å². The first-order valence-electron chi connectivity index (χ1n) is 12.8. The highest BCUT2D eigenvalue weighted by Crippen LogP contribution is 2.28. The number of carbonyl (C=O) groups excluding carboxylic acids is 3. The Morgan fingerprint density at radius 2 is 1.73 bits per heavy atom. The fraction of sp³-hybridized carbons (Fsp3) is 0.464. The Kier molecular flexibility index (Phi) is 10.1. The van der Waals surface area contributed by atoms with E-state index in [0.717, 1.165) is 6.07 Å². The number of terminal acetylenes is 1. The number of amides is 3. The van der Waals surface area contributed by atoms with Crippen molar-refractivity contribution in [3.05, 3.63) is 58.6 Å². The number of hydrogen-bond acceptors (Lipinski definition) is 4. The fourth-order valence-electron chi connectivity index (χ4n) is 4.64. The van der Waals surface area contributed by atoms with Crippen molar-refractivity contribution in [3.63, 3.8) is 0 Å². The first kappa shape index (κ1) is 30.8. The lowest BCUT2D eigenvalue weighted by atomic mass is 10.0. The van der Waals surface area contributed by atoms with Crippen molar-refractivity contribution < 1.29 is 36.3 Å². The maximum Gasteiger partial charge on any atom is 0.251 e. The summed E-state index contributed by atoms with van der Waals surface area (Å²) >= 11 is 0. The minimum absolute atomic E-state index is 0.0441. The second-order valence-corrected chi connectivity index (χ2v) is 9.99. The molecule has 2 aliphatic rings. The predicted octanol–water partition coefficient (Wildman–Crippen LogP) is 3.15. The van der Waals surface area contributed by atoms with Gasteiger partial charge in [0.15, 0.2) is 11.6 Å². The summed E-state index contributed by atoms with van der Waals surface area (Å²) in [5.74, 6) is -5.48. The van der Waals surface area contributed by atoms with Crippen molar-refractivity contribution in [2.24, 2.45) is 5.73 Å². The number of benzene rings is 1. The molecule has 3 amide bonds. The average Bonchev–Trinajstić information content (AvgIpc) is 3.00. The summed E-state index contributed by atoms with van der Waals surface area (Å²) in [4.78, 5) is 42.9. The number of nitrogens with zero attached hydrogens (tertiary/aromatic N) is 3. The van der Waals surface area contributed by atoms with Crippen LogP contribution in [0.3, 0.4) is 0 Å². The first-order valence-corrected chi connectivity index (χ1v) is 12.8. The van der Waals surface area contributed by atoms with Crippen LogP contribution in [0, 0.1) is 29.8 Å². The number of piperidine rings is 1. The van der Waals surface area contributed by atoms with Gasteiger partial charge in [-0.05, 0) is 49.1 Å². The number of alkyl halides is 2. The number of nitrogens with two attached hydrogens (primary N) is 1. The van der Waals surface area contributed by atoms with Crippen molar-refractivity contribution in [2.75, 3.05) is 32.7 Å². The maximum atomic E-state index is 14.0. The first-order chi connectivity index (χ1) is 18.8. The van der Waals surface area contributed by atoms with Crippen molar-refractivity contribution in [2.45, 2.75) is 51.0 Å². The standard InChI is InChI=1S/C28H31F5N4O3/c1-3-4-5-24-18(2)15-36(16-27(40)37(24)17-26(39)35-10-8-28(32,33)9-11-35)25(38)7-6-20(34)12-19-13-22(30)23(31)14-21(19)29/h1,4-5,13-14,20H,6-12,15-17,34H2,2H3/b5-4-/t20-/m0/s1. The Bertz CT molecular complexity index is 1250. The second-order valence-electron chi connectivity index (χ2n) is 9.99. The molecule has 0 spiro atoms. The molecule has 0 radical (unpaired) electrons. The highest BCUT2D eigenvalue weighted by molar-refractivity contribution is 5.90. The molecule has 40 heavy (non-hydrogen) atoms. The number of likely N-dealkylation sites (tertiary alicyclic amines) is 1. The number of rotatable bonds is 8. The summed E-state index contributed by atoms with van der Waals surface area (Å²) in [7, 11) is 0. The molecule has 2 N–H and O–H groups in total. The molecule has 2 aliphatic heterocycles. The largest absolute Gasteiger partial charge is 0.341 e. The third kappa shape index (κ3) is 7.91. The van der Waals surface area contributed by atoms with Crippen LogP contribution in [-0.4, -0.2) is 77.1 Å². The zero-order valence-corrected chi connectivity index (χ0v) is 22.1. The molecule has 0 aliphatic carbocycles. The molecule has 2 heterocycles. The molecular weight excluding hydrogens is 535 g/mol. The van der Waals surface area contributed by atoms with Crippen LogP contribution >= 0.6 is 0 Å². The predicted molar refractivity (Wildman–Crippen MR) is 137 cm³/mol. The van der Waals surface area contributed by atoms with Gasteiger partial charge in [-0.1, -0.05) is 5.92 Å². The highest BCUT2D eigenvalue weighted by atomic mass is 19.3. The Morgan fingerprint density at radius 3 is 2.38 bits per heavy atom. The molecular formula is C28H31F5N4O3. The lowest BCUT2D eigenvalue weighted by Gasteiger charge is -2.33. The highest BCUT2D eigenvalue weighted by Gasteiger charge is 2.37. The smallest absolute Gasteiger partial charge is 0.251 e. The molecule has 3 rings (SSSR count). The zero-order valence-electron chi connectivity index (χ0n) is 22.1. The summed E-state index contributed by atoms with van der Waals surface area (Å²) in [6.07, 6.45) is 7.07. The van der Waals surface area contributed by atoms with E-state index in [1.165, 1.54) is 26.9 Å². The van der Waals surface area contributed by atoms with E-state index in [2.05, 4.69) is 5.92 Å². The molecule has 1 saturated heterocycles. The van der Waals surface area contributed by atoms with E-state index in [-0.39, 0.29) is 51.0 Å². The molecule has 12 heteroatoms. The summed E-state index contributed by atoms with van der Waals surface area (Å²) in [5, 5.41) is 0.